The van der Waals surface area contributed by atoms with Crippen LogP contribution in [0.4, 0.5) is 5.82 Å². The Labute approximate surface area is 431 Å². The largest absolute Gasteiger partial charge is 0.489 e. The predicted molar refractivity (Wildman–Crippen MR) is 277 cm³/mol. The lowest BCUT2D eigenvalue weighted by atomic mass is 9.49. The minimum Gasteiger partial charge on any atom is -0.489 e. The van der Waals surface area contributed by atoms with Gasteiger partial charge in [0, 0.05) is 86.7 Å². The van der Waals surface area contributed by atoms with Crippen molar-refractivity contribution in [1.29, 1.82) is 5.26 Å². The molecule has 4 N–H and O–H groups in total. The molecule has 4 fully saturated rings. The van der Waals surface area contributed by atoms with Crippen LogP contribution in [0.1, 0.15) is 101 Å². The highest BCUT2D eigenvalue weighted by Crippen LogP contribution is 2.55. The average molecular weight is 1020 g/mol. The number of likely N-dealkylation sites (tertiary alicyclic amines) is 1. The van der Waals surface area contributed by atoms with E-state index in [1.54, 1.807) is 41.8 Å². The van der Waals surface area contributed by atoms with Crippen LogP contribution in [0.15, 0.2) is 66.3 Å². The first-order valence-corrected chi connectivity index (χ1v) is 26.0. The van der Waals surface area contributed by atoms with Crippen LogP contribution < -0.4 is 25.6 Å². The Kier molecular flexibility index (Phi) is 15.1. The molecule has 2 aromatic heterocycles. The van der Waals surface area contributed by atoms with Crippen LogP contribution in [0, 0.1) is 39.9 Å². The summed E-state index contributed by atoms with van der Waals surface area (Å²) in [6.45, 7) is 22.1. The monoisotopic (exact) mass is 1020 g/mol. The van der Waals surface area contributed by atoms with Crippen molar-refractivity contribution in [3.05, 3.63) is 93.7 Å². The van der Waals surface area contributed by atoms with Gasteiger partial charge in [0.25, 0.3) is 5.91 Å². The molecule has 8 rings (SSSR count). The number of nitrogens with one attached hydrogen (secondary N) is 3. The van der Waals surface area contributed by atoms with Gasteiger partial charge in [-0.15, -0.1) is 11.3 Å². The molecule has 4 amide bonds. The number of nitrogens with zero attached hydrogens (tertiary/aromatic N) is 6. The zero-order valence-electron chi connectivity index (χ0n) is 42.8. The molecule has 4 aliphatic rings. The van der Waals surface area contributed by atoms with Gasteiger partial charge < -0.3 is 40.3 Å². The molecule has 1 aliphatic carbocycles. The highest BCUT2D eigenvalue weighted by Gasteiger charge is 2.64. The highest BCUT2D eigenvalue weighted by atomic mass is 35.5. The van der Waals surface area contributed by atoms with Crippen molar-refractivity contribution in [2.45, 2.75) is 112 Å². The van der Waals surface area contributed by atoms with Crippen molar-refractivity contribution in [3.63, 3.8) is 0 Å². The van der Waals surface area contributed by atoms with E-state index in [-0.39, 0.29) is 55.3 Å². The predicted octanol–water partition coefficient (Wildman–Crippen LogP) is 6.55. The molecule has 384 valence electrons. The summed E-state index contributed by atoms with van der Waals surface area (Å²) < 4.78 is 12.1. The summed E-state index contributed by atoms with van der Waals surface area (Å²) in [5.74, 6) is 0.102. The summed E-state index contributed by atoms with van der Waals surface area (Å²) >= 11 is 7.85. The van der Waals surface area contributed by atoms with Gasteiger partial charge >= 0.3 is 0 Å². The van der Waals surface area contributed by atoms with Gasteiger partial charge in [-0.25, -0.2) is 9.97 Å². The summed E-state index contributed by atoms with van der Waals surface area (Å²) in [4.78, 5) is 71.9. The van der Waals surface area contributed by atoms with E-state index in [4.69, 9.17) is 26.1 Å². The number of aryl methyl sites for hydroxylation is 1. The van der Waals surface area contributed by atoms with Crippen LogP contribution in [0.5, 0.6) is 5.75 Å². The number of pyridine rings is 1. The number of anilines is 1. The molecule has 0 bridgehead atoms. The molecular formula is C54H68ClN9O7S. The van der Waals surface area contributed by atoms with Crippen LogP contribution in [0.2, 0.25) is 5.02 Å². The van der Waals surface area contributed by atoms with E-state index in [1.807, 2.05) is 70.5 Å². The van der Waals surface area contributed by atoms with Crippen molar-refractivity contribution in [3.8, 4) is 22.3 Å². The number of benzene rings is 2. The zero-order chi connectivity index (χ0) is 51.9. The normalized spacial score (nSPS) is 23.1. The molecule has 1 saturated carbocycles. The lowest BCUT2D eigenvalue weighted by molar-refractivity contribution is -0.164. The Morgan fingerprint density at radius 1 is 0.986 bits per heavy atom. The van der Waals surface area contributed by atoms with Gasteiger partial charge in [-0.1, -0.05) is 84.3 Å². The number of piperazine rings is 1. The first-order valence-electron chi connectivity index (χ1n) is 24.8. The Morgan fingerprint density at radius 3 is 2.25 bits per heavy atom. The number of β-amino-alcohol motifs (C(OH)–C–C–N with tert-alkyl or cyclic N) is 1. The number of hydrogen-bond acceptors (Lipinski definition) is 13. The zero-order valence-corrected chi connectivity index (χ0v) is 44.3. The highest BCUT2D eigenvalue weighted by molar-refractivity contribution is 7.13. The minimum absolute atomic E-state index is 0.0100. The molecule has 16 nitrogen and oxygen atoms in total. The van der Waals surface area contributed by atoms with E-state index >= 15 is 0 Å². The quantitative estimate of drug-likeness (QED) is 0.100. The summed E-state index contributed by atoms with van der Waals surface area (Å²) in [5.41, 5.74) is 3.63. The van der Waals surface area contributed by atoms with Crippen LogP contribution in [-0.2, 0) is 19.1 Å². The van der Waals surface area contributed by atoms with Gasteiger partial charge in [-0.05, 0) is 54.7 Å². The average Bonchev–Trinajstić information content (AvgIpc) is 3.95. The number of nitriles is 1. The Hall–Kier alpha value is -5.64. The van der Waals surface area contributed by atoms with Crippen molar-refractivity contribution in [1.82, 2.24) is 35.7 Å². The van der Waals surface area contributed by atoms with Crippen molar-refractivity contribution in [2.24, 2.45) is 21.7 Å². The van der Waals surface area contributed by atoms with Gasteiger partial charge in [0.1, 0.15) is 35.8 Å². The number of carbonyl (C=O) groups is 4. The summed E-state index contributed by atoms with van der Waals surface area (Å²) in [5, 5.41) is 29.7. The van der Waals surface area contributed by atoms with Crippen LogP contribution >= 0.6 is 22.9 Å². The first-order chi connectivity index (χ1) is 34.0. The van der Waals surface area contributed by atoms with Gasteiger partial charge in [0.15, 0.2) is 0 Å². The van der Waals surface area contributed by atoms with Gasteiger partial charge in [-0.2, -0.15) is 5.26 Å². The summed E-state index contributed by atoms with van der Waals surface area (Å²) in [6.07, 6.45) is 0.773. The van der Waals surface area contributed by atoms with E-state index in [2.05, 4.69) is 64.5 Å². The first kappa shape index (κ1) is 52.7. The van der Waals surface area contributed by atoms with E-state index in [0.29, 0.717) is 54.7 Å². The summed E-state index contributed by atoms with van der Waals surface area (Å²) in [7, 11) is 0. The number of aliphatic hydroxyl groups excluding tert-OH is 1. The maximum Gasteiger partial charge on any atom is 0.253 e. The molecule has 3 aliphatic heterocycles. The fourth-order valence-corrected chi connectivity index (χ4v) is 12.4. The number of rotatable bonds is 15. The number of carbonyl (C=O) groups excluding carboxylic acids is 4. The number of hydrogen-bond donors (Lipinski definition) is 4. The van der Waals surface area contributed by atoms with Crippen molar-refractivity contribution < 1.29 is 33.8 Å². The maximum atomic E-state index is 14.4. The van der Waals surface area contributed by atoms with Crippen molar-refractivity contribution in [2.75, 3.05) is 57.4 Å². The number of aliphatic hydroxyl groups is 1. The fourth-order valence-electron chi connectivity index (χ4n) is 11.3. The van der Waals surface area contributed by atoms with E-state index < -0.39 is 45.8 Å². The minimum atomic E-state index is -0.942. The molecule has 0 unspecified atom stereocenters. The van der Waals surface area contributed by atoms with Crippen LogP contribution in [-0.4, -0.2) is 131 Å². The van der Waals surface area contributed by atoms with E-state index in [0.717, 1.165) is 40.6 Å². The fraction of sp³-hybridized carbons (Fsp3) is 0.537. The summed E-state index contributed by atoms with van der Waals surface area (Å²) in [6, 6.07) is 16.4. The maximum absolute atomic E-state index is 14.4. The van der Waals surface area contributed by atoms with Crippen LogP contribution in [0.3, 0.4) is 0 Å². The van der Waals surface area contributed by atoms with Crippen molar-refractivity contribution >= 4 is 52.4 Å². The number of halogens is 1. The second-order valence-electron chi connectivity index (χ2n) is 22.5. The number of aromatic nitrogens is 2. The second kappa shape index (κ2) is 20.7. The SMILES string of the molecule is Cc1ncsc1-c1ccc([C@H](C)NC(=O)[C@@H]2C[C@@H](O)CN2C(=O)[C@@H](NC(=O)CC2(CN3CCN(c4ccc(C(=O)NC5C(C)(C)C(Oc6ccc(C#N)c(Cl)c6)C5(C)C)cn4)CC3)COC2)C(C)(C)C)cc1. The standard InChI is InChI=1S/C54H68ClN9O7S/c1-32(34-10-12-35(13-11-34)44-33(2)58-31-72-44)59-47(68)41-22-38(65)27-64(41)48(69)45(51(3,4)5)60-43(66)24-54(29-70-30-54)28-62-18-20-63(21-19-62)42-17-15-37(26-57-42)46(67)61-49-52(6,7)50(53(49,8)9)71-39-16-14-36(25-56)40(55)23-39/h10-17,23,26,31-32,38,41,45,49-50,65H,18-22,24,27-30H2,1-9H3,(H,59,68)(H,60,66)(H,61,67)/t32-,38+,41-,45+,49?,50?/m0/s1. The molecule has 72 heavy (non-hydrogen) atoms. The van der Waals surface area contributed by atoms with Crippen LogP contribution in [0.25, 0.3) is 10.4 Å². The number of ether oxygens (including phenoxy) is 2. The molecule has 4 aromatic rings. The Morgan fingerprint density at radius 2 is 1.68 bits per heavy atom. The third kappa shape index (κ3) is 11.0. The lowest BCUT2D eigenvalue weighted by Gasteiger charge is -2.63. The molecule has 0 spiro atoms. The third-order valence-electron chi connectivity index (χ3n) is 15.1. The van der Waals surface area contributed by atoms with E-state index in [9.17, 15) is 29.5 Å². The molecule has 0 radical (unpaired) electrons. The molecule has 4 atom stereocenters. The van der Waals surface area contributed by atoms with E-state index in [1.165, 1.54) is 4.90 Å². The third-order valence-corrected chi connectivity index (χ3v) is 16.4. The number of thiazole rings is 1. The Balaban J connectivity index is 0.818. The molecule has 3 saturated heterocycles. The van der Waals surface area contributed by atoms with Gasteiger partial charge in [0.2, 0.25) is 17.7 Å². The molecule has 18 heteroatoms. The lowest BCUT2D eigenvalue weighted by Crippen LogP contribution is -2.74. The molecular weight excluding hydrogens is 954 g/mol. The molecule has 5 heterocycles. The second-order valence-corrected chi connectivity index (χ2v) is 23.8. The molecule has 2 aromatic carbocycles. The van der Waals surface area contributed by atoms with Gasteiger partial charge in [-0.3, -0.25) is 24.1 Å². The smallest absolute Gasteiger partial charge is 0.253 e. The van der Waals surface area contributed by atoms with Gasteiger partial charge in [0.05, 0.1) is 57.6 Å². The topological polar surface area (TPSA) is 202 Å². The number of amides is 4. The Bertz CT molecular complexity index is 2670.